The number of anilines is 2. The predicted octanol–water partition coefficient (Wildman–Crippen LogP) is 8.76. The third kappa shape index (κ3) is 8.59. The number of amides is 1. The van der Waals surface area contributed by atoms with Crippen molar-refractivity contribution in [1.29, 1.82) is 0 Å². The van der Waals surface area contributed by atoms with E-state index in [4.69, 9.17) is 10.8 Å². The lowest BCUT2D eigenvalue weighted by Crippen LogP contribution is -2.17. The van der Waals surface area contributed by atoms with E-state index in [2.05, 4.69) is 4.40 Å². The molecule has 202 valence electrons. The quantitative estimate of drug-likeness (QED) is 0.0986. The van der Waals surface area contributed by atoms with Crippen molar-refractivity contribution in [3.05, 3.63) is 95.8 Å². The van der Waals surface area contributed by atoms with Crippen LogP contribution in [0.3, 0.4) is 0 Å². The minimum atomic E-state index is -0.570. The minimum Gasteiger partial charge on any atom is -0.515 e. The molecule has 3 aromatic carbocycles. The first-order chi connectivity index (χ1) is 18.4. The number of nitrogens with two attached hydrogens (primary N) is 1. The van der Waals surface area contributed by atoms with Crippen LogP contribution in [0.2, 0.25) is 0 Å². The summed E-state index contributed by atoms with van der Waals surface area (Å²) < 4.78 is 32.8. The second kappa shape index (κ2) is 16.8. The summed E-state index contributed by atoms with van der Waals surface area (Å²) in [6.07, 6.45) is 6.33. The minimum absolute atomic E-state index is 0.142. The molecule has 0 saturated heterocycles. The van der Waals surface area contributed by atoms with Gasteiger partial charge in [0, 0.05) is 28.5 Å². The molecule has 0 bridgehead atoms. The Morgan fingerprint density at radius 1 is 1.03 bits per heavy atom. The molecule has 0 saturated carbocycles. The van der Waals surface area contributed by atoms with E-state index < -0.39 is 11.6 Å². The number of halogens is 2. The SMILES string of the molecule is C/C=C\c1cc(S/N=C(N)/C=C\O)ccc1N(C=O)c1cc(F)c(-c2cccc(F)c2)cc1C.CC.CC. The van der Waals surface area contributed by atoms with Crippen LogP contribution >= 0.6 is 11.9 Å². The van der Waals surface area contributed by atoms with Crippen LogP contribution in [0.15, 0.2) is 82.3 Å². The van der Waals surface area contributed by atoms with E-state index >= 15 is 4.39 Å². The number of hydrogen-bond acceptors (Lipinski definition) is 4. The number of aliphatic hydroxyl groups excluding tert-OH is 1. The number of aliphatic hydroxyl groups is 1. The summed E-state index contributed by atoms with van der Waals surface area (Å²) in [4.78, 5) is 14.3. The first kappa shape index (κ1) is 32.1. The largest absolute Gasteiger partial charge is 0.515 e. The van der Waals surface area contributed by atoms with Gasteiger partial charge >= 0.3 is 0 Å². The molecule has 38 heavy (non-hydrogen) atoms. The van der Waals surface area contributed by atoms with Gasteiger partial charge in [0.05, 0.1) is 17.6 Å². The zero-order valence-electron chi connectivity index (χ0n) is 22.6. The number of carbonyl (C=O) groups excluding carboxylic acids is 1. The van der Waals surface area contributed by atoms with Gasteiger partial charge < -0.3 is 10.8 Å². The monoisotopic (exact) mass is 539 g/mol. The highest BCUT2D eigenvalue weighted by Crippen LogP contribution is 2.36. The Morgan fingerprint density at radius 3 is 2.34 bits per heavy atom. The smallest absolute Gasteiger partial charge is 0.218 e. The van der Waals surface area contributed by atoms with Crippen molar-refractivity contribution in [3.63, 3.8) is 0 Å². The molecule has 1 amide bonds. The molecular weight excluding hydrogens is 504 g/mol. The predicted molar refractivity (Wildman–Crippen MR) is 158 cm³/mol. The second-order valence-corrected chi connectivity index (χ2v) is 8.08. The van der Waals surface area contributed by atoms with Gasteiger partial charge in [0.15, 0.2) is 0 Å². The fourth-order valence-corrected chi connectivity index (χ4v) is 3.97. The third-order valence-corrected chi connectivity index (χ3v) is 5.66. The number of aryl methyl sites for hydroxylation is 1. The number of carbonyl (C=O) groups is 1. The molecule has 0 heterocycles. The summed E-state index contributed by atoms with van der Waals surface area (Å²) in [5.41, 5.74) is 8.59. The number of allylic oxidation sites excluding steroid dienone is 1. The van der Waals surface area contributed by atoms with Crippen LogP contribution in [0.4, 0.5) is 20.2 Å². The molecule has 3 N–H and O–H groups in total. The highest BCUT2D eigenvalue weighted by Gasteiger charge is 2.18. The van der Waals surface area contributed by atoms with E-state index in [1.807, 2.05) is 52.8 Å². The molecule has 8 heteroatoms. The maximum atomic E-state index is 15.1. The number of amidine groups is 1. The molecule has 0 radical (unpaired) electrons. The normalized spacial score (nSPS) is 11.0. The number of nitrogens with zero attached hydrogens (tertiary/aromatic N) is 2. The lowest BCUT2D eigenvalue weighted by Gasteiger charge is -2.23. The van der Waals surface area contributed by atoms with Gasteiger partial charge in [-0.25, -0.2) is 8.78 Å². The molecule has 0 aliphatic rings. The maximum Gasteiger partial charge on any atom is 0.218 e. The average Bonchev–Trinajstić information content (AvgIpc) is 2.93. The standard InChI is InChI=1S/C26H23F2N3O2S.2C2H6/c1-3-5-19-14-21(34-30-26(29)10-11-32)8-9-24(19)31(16-33)25-15-23(28)22(12-17(25)2)18-6-4-7-20(27)13-18;2*1-2/h3-16,32H,1-2H3,(H2,29,30);2*1-2H3/b5-3-,11-10-;;. The van der Waals surface area contributed by atoms with Crippen molar-refractivity contribution in [2.24, 2.45) is 10.1 Å². The van der Waals surface area contributed by atoms with Crippen molar-refractivity contribution in [1.82, 2.24) is 0 Å². The van der Waals surface area contributed by atoms with Crippen LogP contribution in [0, 0.1) is 18.6 Å². The van der Waals surface area contributed by atoms with Crippen molar-refractivity contribution >= 4 is 41.6 Å². The molecule has 5 nitrogen and oxygen atoms in total. The molecule has 0 unspecified atom stereocenters. The van der Waals surface area contributed by atoms with E-state index in [0.29, 0.717) is 34.5 Å². The van der Waals surface area contributed by atoms with Crippen LogP contribution in [0.1, 0.15) is 45.7 Å². The Morgan fingerprint density at radius 2 is 1.74 bits per heavy atom. The van der Waals surface area contributed by atoms with Gasteiger partial charge in [-0.3, -0.25) is 9.69 Å². The second-order valence-electron chi connectivity index (χ2n) is 7.25. The van der Waals surface area contributed by atoms with Crippen LogP contribution in [0.25, 0.3) is 17.2 Å². The zero-order chi connectivity index (χ0) is 28.7. The van der Waals surface area contributed by atoms with Gasteiger partial charge in [-0.15, -0.1) is 0 Å². The number of hydrogen-bond donors (Lipinski definition) is 2. The lowest BCUT2D eigenvalue weighted by atomic mass is 10.0. The van der Waals surface area contributed by atoms with Gasteiger partial charge in [0.25, 0.3) is 0 Å². The van der Waals surface area contributed by atoms with Gasteiger partial charge in [0.2, 0.25) is 6.41 Å². The molecule has 0 atom stereocenters. The van der Waals surface area contributed by atoms with E-state index in [-0.39, 0.29) is 11.4 Å². The summed E-state index contributed by atoms with van der Waals surface area (Å²) in [5, 5.41) is 8.77. The molecule has 0 spiro atoms. The Labute approximate surface area is 228 Å². The fourth-order valence-electron chi connectivity index (χ4n) is 3.39. The topological polar surface area (TPSA) is 78.9 Å². The van der Waals surface area contributed by atoms with Crippen LogP contribution in [0.5, 0.6) is 0 Å². The summed E-state index contributed by atoms with van der Waals surface area (Å²) >= 11 is 1.11. The van der Waals surface area contributed by atoms with Crippen molar-refractivity contribution < 1.29 is 18.7 Å². The average molecular weight is 540 g/mol. The van der Waals surface area contributed by atoms with E-state index in [0.717, 1.165) is 23.1 Å². The molecule has 3 aromatic rings. The van der Waals surface area contributed by atoms with Gasteiger partial charge in [-0.1, -0.05) is 52.0 Å². The molecule has 0 aliphatic carbocycles. The Bertz CT molecular complexity index is 1290. The summed E-state index contributed by atoms with van der Waals surface area (Å²) in [5.74, 6) is -0.886. The highest BCUT2D eigenvalue weighted by molar-refractivity contribution is 7.98. The Kier molecular flexibility index (Phi) is 14.2. The molecule has 0 aliphatic heterocycles. The van der Waals surface area contributed by atoms with E-state index in [9.17, 15) is 9.18 Å². The first-order valence-corrected chi connectivity index (χ1v) is 13.0. The van der Waals surface area contributed by atoms with E-state index in [1.165, 1.54) is 35.2 Å². The number of benzene rings is 3. The molecular formula is C30H35F2N3O2S. The lowest BCUT2D eigenvalue weighted by molar-refractivity contribution is -0.106. The van der Waals surface area contributed by atoms with Gasteiger partial charge in [-0.05, 0) is 73.0 Å². The highest BCUT2D eigenvalue weighted by atomic mass is 32.2. The first-order valence-electron chi connectivity index (χ1n) is 12.3. The maximum absolute atomic E-state index is 15.1. The third-order valence-electron chi connectivity index (χ3n) is 4.89. The van der Waals surface area contributed by atoms with Crippen LogP contribution < -0.4 is 10.6 Å². The summed E-state index contributed by atoms with van der Waals surface area (Å²) in [6.45, 7) is 11.6. The zero-order valence-corrected chi connectivity index (χ0v) is 23.4. The summed E-state index contributed by atoms with van der Waals surface area (Å²) in [7, 11) is 0. The fraction of sp³-hybridized carbons (Fsp3) is 0.200. The molecule has 0 aromatic heterocycles. The van der Waals surface area contributed by atoms with Crippen molar-refractivity contribution in [3.8, 4) is 11.1 Å². The Hall–Kier alpha value is -3.91. The van der Waals surface area contributed by atoms with Crippen LogP contribution in [-0.2, 0) is 4.79 Å². The van der Waals surface area contributed by atoms with Gasteiger partial charge in [-0.2, -0.15) is 4.40 Å². The van der Waals surface area contributed by atoms with Gasteiger partial charge in [0.1, 0.15) is 17.5 Å². The molecule has 3 rings (SSSR count). The Balaban J connectivity index is 0.00000172. The summed E-state index contributed by atoms with van der Waals surface area (Å²) in [6, 6.07) is 13.9. The van der Waals surface area contributed by atoms with Crippen molar-refractivity contribution in [2.45, 2.75) is 46.4 Å². The van der Waals surface area contributed by atoms with Crippen LogP contribution in [-0.4, -0.2) is 17.4 Å². The van der Waals surface area contributed by atoms with E-state index in [1.54, 1.807) is 31.2 Å². The molecule has 0 fully saturated rings. The van der Waals surface area contributed by atoms with Crippen molar-refractivity contribution in [2.75, 3.05) is 4.90 Å². The number of rotatable bonds is 8.